The first-order valence-corrected chi connectivity index (χ1v) is 6.64. The third-order valence-electron chi connectivity index (χ3n) is 2.57. The van der Waals surface area contributed by atoms with Gasteiger partial charge < -0.3 is 0 Å². The second kappa shape index (κ2) is 4.48. The Morgan fingerprint density at radius 2 is 1.79 bits per heavy atom. The fourth-order valence-electron chi connectivity index (χ4n) is 1.56. The van der Waals surface area contributed by atoms with E-state index in [1.807, 2.05) is 0 Å². The van der Waals surface area contributed by atoms with E-state index in [9.17, 15) is 26.0 Å². The van der Waals surface area contributed by atoms with Crippen LogP contribution in [0.25, 0.3) is 0 Å². The Labute approximate surface area is 106 Å². The number of nitrogens with zero attached hydrogens (tertiary/aromatic N) is 1. The Morgan fingerprint density at radius 3 is 2.21 bits per heavy atom. The molecule has 1 unspecified atom stereocenters. The van der Waals surface area contributed by atoms with E-state index in [1.54, 1.807) is 0 Å². The molecule has 9 heteroatoms. The second-order valence-electron chi connectivity index (χ2n) is 3.88. The van der Waals surface area contributed by atoms with Gasteiger partial charge in [0.15, 0.2) is 5.37 Å². The van der Waals surface area contributed by atoms with E-state index in [0.29, 0.717) is 12.1 Å². The maximum absolute atomic E-state index is 12.7. The zero-order valence-electron chi connectivity index (χ0n) is 9.28. The SMILES string of the molecule is O=S(=O)(c1ccc(C(F)(F)F)cc1)C1CC(F)=NN1. The van der Waals surface area contributed by atoms with Gasteiger partial charge in [-0.1, -0.05) is 0 Å². The molecule has 19 heavy (non-hydrogen) atoms. The van der Waals surface area contributed by atoms with Crippen LogP contribution in [0.1, 0.15) is 12.0 Å². The van der Waals surface area contributed by atoms with E-state index in [0.717, 1.165) is 12.1 Å². The summed E-state index contributed by atoms with van der Waals surface area (Å²) in [6.45, 7) is 0. The summed E-state index contributed by atoms with van der Waals surface area (Å²) < 4.78 is 73.6. The Balaban J connectivity index is 2.27. The maximum Gasteiger partial charge on any atom is 0.416 e. The van der Waals surface area contributed by atoms with Crippen molar-refractivity contribution in [3.05, 3.63) is 29.8 Å². The predicted octanol–water partition coefficient (Wildman–Crippen LogP) is 2.08. The molecule has 0 aliphatic carbocycles. The van der Waals surface area contributed by atoms with Gasteiger partial charge in [0.1, 0.15) is 0 Å². The zero-order chi connectivity index (χ0) is 14.3. The molecule has 0 bridgehead atoms. The lowest BCUT2D eigenvalue weighted by atomic mass is 10.2. The summed E-state index contributed by atoms with van der Waals surface area (Å²) in [7, 11) is -3.97. The molecule has 1 aromatic carbocycles. The quantitative estimate of drug-likeness (QED) is 0.850. The highest BCUT2D eigenvalue weighted by Gasteiger charge is 2.34. The van der Waals surface area contributed by atoms with Crippen molar-refractivity contribution in [2.45, 2.75) is 22.9 Å². The predicted molar refractivity (Wildman–Crippen MR) is 58.7 cm³/mol. The highest BCUT2D eigenvalue weighted by atomic mass is 32.2. The van der Waals surface area contributed by atoms with Gasteiger partial charge in [-0.15, -0.1) is 0 Å². The molecular weight excluding hydrogens is 288 g/mol. The first-order valence-electron chi connectivity index (χ1n) is 5.10. The number of halogens is 4. The third-order valence-corrected chi connectivity index (χ3v) is 4.52. The van der Waals surface area contributed by atoms with E-state index in [1.165, 1.54) is 0 Å². The number of hydrogen-bond acceptors (Lipinski definition) is 4. The van der Waals surface area contributed by atoms with E-state index in [-0.39, 0.29) is 4.90 Å². The van der Waals surface area contributed by atoms with E-state index in [4.69, 9.17) is 0 Å². The molecule has 1 aromatic rings. The zero-order valence-corrected chi connectivity index (χ0v) is 10.1. The van der Waals surface area contributed by atoms with Gasteiger partial charge in [-0.2, -0.15) is 22.7 Å². The minimum absolute atomic E-state index is 0.317. The molecule has 0 spiro atoms. The van der Waals surface area contributed by atoms with Crippen LogP contribution in [0.3, 0.4) is 0 Å². The Hall–Kier alpha value is -1.64. The number of hydrazone groups is 1. The van der Waals surface area contributed by atoms with Crippen LogP contribution in [0.5, 0.6) is 0 Å². The average molecular weight is 296 g/mol. The molecule has 4 nitrogen and oxygen atoms in total. The van der Waals surface area contributed by atoms with Crippen LogP contribution >= 0.6 is 0 Å². The summed E-state index contributed by atoms with van der Waals surface area (Å²) in [6.07, 6.45) is -4.98. The summed E-state index contributed by atoms with van der Waals surface area (Å²) in [5.41, 5.74) is 1.14. The van der Waals surface area contributed by atoms with Crippen LogP contribution in [0, 0.1) is 0 Å². The third kappa shape index (κ3) is 2.70. The Bertz CT molecular complexity index is 607. The number of alkyl halides is 3. The van der Waals surface area contributed by atoms with Crippen LogP contribution < -0.4 is 5.43 Å². The summed E-state index contributed by atoms with van der Waals surface area (Å²) in [5.74, 6) is -0.861. The van der Waals surface area contributed by atoms with Crippen molar-refractivity contribution in [1.82, 2.24) is 5.43 Å². The lowest BCUT2D eigenvalue weighted by molar-refractivity contribution is -0.137. The molecular formula is C10H8F4N2O2S. The van der Waals surface area contributed by atoms with E-state index >= 15 is 0 Å². The Kier molecular flexibility index (Phi) is 3.25. The molecule has 0 radical (unpaired) electrons. The fourth-order valence-corrected chi connectivity index (χ4v) is 2.96. The summed E-state index contributed by atoms with van der Waals surface area (Å²) >= 11 is 0. The highest BCUT2D eigenvalue weighted by Crippen LogP contribution is 2.30. The van der Waals surface area contributed by atoms with Crippen molar-refractivity contribution < 1.29 is 26.0 Å². The van der Waals surface area contributed by atoms with Gasteiger partial charge in [0.2, 0.25) is 15.8 Å². The number of benzene rings is 1. The summed E-state index contributed by atoms with van der Waals surface area (Å²) in [4.78, 5) is -0.317. The molecule has 1 aliphatic rings. The minimum Gasteiger partial charge on any atom is -0.288 e. The van der Waals surface area contributed by atoms with Crippen molar-refractivity contribution in [3.8, 4) is 0 Å². The number of nitrogens with one attached hydrogen (secondary N) is 1. The number of sulfone groups is 1. The van der Waals surface area contributed by atoms with Crippen molar-refractivity contribution in [1.29, 1.82) is 0 Å². The maximum atomic E-state index is 12.7. The summed E-state index contributed by atoms with van der Waals surface area (Å²) in [6, 6.07) is 3.02. The van der Waals surface area contributed by atoms with Gasteiger partial charge in [-0.05, 0) is 24.3 Å². The molecule has 1 N–H and O–H groups in total. The molecule has 1 heterocycles. The lowest BCUT2D eigenvalue weighted by Gasteiger charge is -2.12. The molecule has 0 fully saturated rings. The largest absolute Gasteiger partial charge is 0.416 e. The first-order chi connectivity index (χ1) is 8.71. The van der Waals surface area contributed by atoms with Crippen LogP contribution in [-0.2, 0) is 16.0 Å². The van der Waals surface area contributed by atoms with Crippen molar-refractivity contribution in [2.24, 2.45) is 5.10 Å². The topological polar surface area (TPSA) is 58.5 Å². The van der Waals surface area contributed by atoms with Gasteiger partial charge in [-0.3, -0.25) is 5.43 Å². The fraction of sp³-hybridized carbons (Fsp3) is 0.300. The molecule has 104 valence electrons. The van der Waals surface area contributed by atoms with Gasteiger partial charge in [-0.25, -0.2) is 8.42 Å². The first kappa shape index (κ1) is 13.8. The van der Waals surface area contributed by atoms with Crippen LogP contribution in [0.4, 0.5) is 17.6 Å². The monoisotopic (exact) mass is 296 g/mol. The van der Waals surface area contributed by atoms with Gasteiger partial charge in [0.25, 0.3) is 0 Å². The van der Waals surface area contributed by atoms with Crippen LogP contribution in [-0.4, -0.2) is 19.8 Å². The van der Waals surface area contributed by atoms with Gasteiger partial charge in [0, 0.05) is 0 Å². The van der Waals surface area contributed by atoms with Crippen molar-refractivity contribution in [2.75, 3.05) is 0 Å². The average Bonchev–Trinajstić information content (AvgIpc) is 2.76. The standard InChI is InChI=1S/C10H8F4N2O2S/c11-8-5-9(16-15-8)19(17,18)7-3-1-6(2-4-7)10(12,13)14/h1-4,9,16H,5H2. The minimum atomic E-state index is -4.54. The van der Waals surface area contributed by atoms with E-state index in [2.05, 4.69) is 10.5 Å². The second-order valence-corrected chi connectivity index (χ2v) is 6.01. The molecule has 1 atom stereocenters. The van der Waals surface area contributed by atoms with Crippen LogP contribution in [0.2, 0.25) is 0 Å². The smallest absolute Gasteiger partial charge is 0.288 e. The Morgan fingerprint density at radius 1 is 1.21 bits per heavy atom. The summed E-state index contributed by atoms with van der Waals surface area (Å²) in [5, 5.41) is 1.82. The van der Waals surface area contributed by atoms with Crippen molar-refractivity contribution >= 4 is 15.8 Å². The molecule has 0 aromatic heterocycles. The van der Waals surface area contributed by atoms with Crippen molar-refractivity contribution in [3.63, 3.8) is 0 Å². The molecule has 0 amide bonds. The van der Waals surface area contributed by atoms with Gasteiger partial charge >= 0.3 is 6.18 Å². The normalized spacial score (nSPS) is 20.0. The van der Waals surface area contributed by atoms with Gasteiger partial charge in [0.05, 0.1) is 16.9 Å². The molecule has 0 saturated heterocycles. The number of rotatable bonds is 2. The molecule has 2 rings (SSSR count). The molecule has 1 aliphatic heterocycles. The number of hydrogen-bond donors (Lipinski definition) is 1. The molecule has 0 saturated carbocycles. The highest BCUT2D eigenvalue weighted by molar-refractivity contribution is 7.92. The van der Waals surface area contributed by atoms with Crippen LogP contribution in [0.15, 0.2) is 34.3 Å². The lowest BCUT2D eigenvalue weighted by Crippen LogP contribution is -2.30. The van der Waals surface area contributed by atoms with E-state index < -0.39 is 39.3 Å².